The van der Waals surface area contributed by atoms with Gasteiger partial charge in [-0.15, -0.1) is 0 Å². The third-order valence-electron chi connectivity index (χ3n) is 2.01. The van der Waals surface area contributed by atoms with Gasteiger partial charge in [-0.3, -0.25) is 9.59 Å². The first kappa shape index (κ1) is 12.5. The van der Waals surface area contributed by atoms with E-state index in [2.05, 4.69) is 0 Å². The SMILES string of the molecule is CCOC(=O)C(C(N)=O)c1ccc(Cl)cc1. The lowest BCUT2D eigenvalue weighted by molar-refractivity contribution is -0.147. The highest BCUT2D eigenvalue weighted by Gasteiger charge is 2.27. The van der Waals surface area contributed by atoms with Crippen LogP contribution in [0.3, 0.4) is 0 Å². The van der Waals surface area contributed by atoms with Crippen molar-refractivity contribution in [1.82, 2.24) is 0 Å². The fourth-order valence-electron chi connectivity index (χ4n) is 1.30. The number of carbonyl (C=O) groups excluding carboxylic acids is 2. The van der Waals surface area contributed by atoms with E-state index < -0.39 is 17.8 Å². The minimum atomic E-state index is -1.07. The first-order valence-corrected chi connectivity index (χ1v) is 5.15. The number of ether oxygens (including phenoxy) is 1. The summed E-state index contributed by atoms with van der Waals surface area (Å²) < 4.78 is 4.78. The molecule has 0 aliphatic carbocycles. The minimum Gasteiger partial charge on any atom is -0.465 e. The second kappa shape index (κ2) is 5.51. The molecule has 1 amide bonds. The van der Waals surface area contributed by atoms with E-state index in [1.807, 2.05) is 0 Å². The van der Waals surface area contributed by atoms with Crippen LogP contribution in [-0.2, 0) is 14.3 Å². The van der Waals surface area contributed by atoms with Crippen molar-refractivity contribution in [1.29, 1.82) is 0 Å². The molecule has 0 bridgehead atoms. The zero-order valence-corrected chi connectivity index (χ0v) is 9.53. The van der Waals surface area contributed by atoms with E-state index in [-0.39, 0.29) is 6.61 Å². The van der Waals surface area contributed by atoms with Crippen molar-refractivity contribution in [2.75, 3.05) is 6.61 Å². The summed E-state index contributed by atoms with van der Waals surface area (Å²) in [5, 5.41) is 0.524. The zero-order valence-electron chi connectivity index (χ0n) is 8.77. The summed E-state index contributed by atoms with van der Waals surface area (Å²) in [6.07, 6.45) is 0. The first-order valence-electron chi connectivity index (χ1n) is 4.77. The fourth-order valence-corrected chi connectivity index (χ4v) is 1.42. The molecule has 0 aliphatic heterocycles. The average Bonchev–Trinajstić information content (AvgIpc) is 2.21. The number of hydrogen-bond donors (Lipinski definition) is 1. The number of carbonyl (C=O) groups is 2. The number of amides is 1. The summed E-state index contributed by atoms with van der Waals surface area (Å²) in [5.74, 6) is -2.45. The normalized spacial score (nSPS) is 11.9. The first-order chi connectivity index (χ1) is 7.56. The Morgan fingerprint density at radius 3 is 2.38 bits per heavy atom. The smallest absolute Gasteiger partial charge is 0.323 e. The Labute approximate surface area is 98.3 Å². The maximum atomic E-state index is 11.5. The molecule has 0 radical (unpaired) electrons. The fraction of sp³-hybridized carbons (Fsp3) is 0.273. The summed E-state index contributed by atoms with van der Waals surface area (Å²) in [7, 11) is 0. The molecule has 0 saturated carbocycles. The van der Waals surface area contributed by atoms with Crippen LogP contribution in [0.2, 0.25) is 5.02 Å². The standard InChI is InChI=1S/C11H12ClNO3/c1-2-16-11(15)9(10(13)14)7-3-5-8(12)6-4-7/h3-6,9H,2H2,1H3,(H2,13,14). The quantitative estimate of drug-likeness (QED) is 0.641. The van der Waals surface area contributed by atoms with Crippen LogP contribution in [-0.4, -0.2) is 18.5 Å². The molecule has 0 fully saturated rings. The van der Waals surface area contributed by atoms with Crippen molar-refractivity contribution in [3.8, 4) is 0 Å². The van der Waals surface area contributed by atoms with E-state index in [4.69, 9.17) is 22.1 Å². The molecule has 5 heteroatoms. The highest BCUT2D eigenvalue weighted by Crippen LogP contribution is 2.19. The van der Waals surface area contributed by atoms with E-state index in [1.165, 1.54) is 0 Å². The molecule has 86 valence electrons. The van der Waals surface area contributed by atoms with Crippen LogP contribution >= 0.6 is 11.6 Å². The zero-order chi connectivity index (χ0) is 12.1. The third-order valence-corrected chi connectivity index (χ3v) is 2.26. The molecular weight excluding hydrogens is 230 g/mol. The number of nitrogens with two attached hydrogens (primary N) is 1. The lowest BCUT2D eigenvalue weighted by Crippen LogP contribution is -2.29. The minimum absolute atomic E-state index is 0.205. The molecular formula is C11H12ClNO3. The van der Waals surface area contributed by atoms with Crippen LogP contribution < -0.4 is 5.73 Å². The Bertz CT molecular complexity index is 389. The number of primary amides is 1. The van der Waals surface area contributed by atoms with Crippen LogP contribution in [0.5, 0.6) is 0 Å². The van der Waals surface area contributed by atoms with Gasteiger partial charge in [-0.25, -0.2) is 0 Å². The van der Waals surface area contributed by atoms with Gasteiger partial charge < -0.3 is 10.5 Å². The van der Waals surface area contributed by atoms with E-state index in [0.29, 0.717) is 10.6 Å². The number of rotatable bonds is 4. The van der Waals surface area contributed by atoms with Gasteiger partial charge in [0.1, 0.15) is 0 Å². The van der Waals surface area contributed by atoms with Crippen molar-refractivity contribution in [3.63, 3.8) is 0 Å². The number of esters is 1. The Morgan fingerprint density at radius 1 is 1.38 bits per heavy atom. The Kier molecular flexibility index (Phi) is 4.31. The van der Waals surface area contributed by atoms with Crippen molar-refractivity contribution in [2.24, 2.45) is 5.73 Å². The molecule has 0 saturated heterocycles. The van der Waals surface area contributed by atoms with Gasteiger partial charge in [0.25, 0.3) is 0 Å². The maximum absolute atomic E-state index is 11.5. The van der Waals surface area contributed by atoms with E-state index in [9.17, 15) is 9.59 Å². The van der Waals surface area contributed by atoms with Crippen LogP contribution in [0, 0.1) is 0 Å². The Hall–Kier alpha value is -1.55. The number of halogens is 1. The summed E-state index contributed by atoms with van der Waals surface area (Å²) >= 11 is 5.70. The number of hydrogen-bond acceptors (Lipinski definition) is 3. The van der Waals surface area contributed by atoms with Gasteiger partial charge in [0.05, 0.1) is 6.61 Å². The highest BCUT2D eigenvalue weighted by atomic mass is 35.5. The van der Waals surface area contributed by atoms with Gasteiger partial charge in [-0.05, 0) is 24.6 Å². The predicted octanol–water partition coefficient (Wildman–Crippen LogP) is 1.47. The predicted molar refractivity (Wildman–Crippen MR) is 60.0 cm³/mol. The molecule has 0 aliphatic rings. The maximum Gasteiger partial charge on any atom is 0.323 e. The second-order valence-electron chi connectivity index (χ2n) is 3.14. The molecule has 1 atom stereocenters. The third kappa shape index (κ3) is 2.97. The van der Waals surface area contributed by atoms with Gasteiger partial charge in [-0.1, -0.05) is 23.7 Å². The number of benzene rings is 1. The monoisotopic (exact) mass is 241 g/mol. The molecule has 1 aromatic rings. The van der Waals surface area contributed by atoms with Crippen LogP contribution in [0.1, 0.15) is 18.4 Å². The van der Waals surface area contributed by atoms with Crippen molar-refractivity contribution in [3.05, 3.63) is 34.9 Å². The second-order valence-corrected chi connectivity index (χ2v) is 3.58. The molecule has 0 heterocycles. The molecule has 0 aromatic heterocycles. The molecule has 16 heavy (non-hydrogen) atoms. The molecule has 0 spiro atoms. The molecule has 1 aromatic carbocycles. The summed E-state index contributed by atoms with van der Waals surface area (Å²) in [6, 6.07) is 6.33. The van der Waals surface area contributed by atoms with Gasteiger partial charge in [0, 0.05) is 5.02 Å². The van der Waals surface area contributed by atoms with Gasteiger partial charge in [0.2, 0.25) is 5.91 Å². The molecule has 1 rings (SSSR count). The van der Waals surface area contributed by atoms with E-state index >= 15 is 0 Å². The Morgan fingerprint density at radius 2 is 1.94 bits per heavy atom. The highest BCUT2D eigenvalue weighted by molar-refractivity contribution is 6.30. The van der Waals surface area contributed by atoms with E-state index in [1.54, 1.807) is 31.2 Å². The van der Waals surface area contributed by atoms with Crippen LogP contribution in [0.25, 0.3) is 0 Å². The summed E-state index contributed by atoms with van der Waals surface area (Å²) in [6.45, 7) is 1.87. The van der Waals surface area contributed by atoms with Crippen molar-refractivity contribution in [2.45, 2.75) is 12.8 Å². The average molecular weight is 242 g/mol. The van der Waals surface area contributed by atoms with Gasteiger partial charge in [0.15, 0.2) is 5.92 Å². The lowest BCUT2D eigenvalue weighted by atomic mass is 9.99. The molecule has 2 N–H and O–H groups in total. The largest absolute Gasteiger partial charge is 0.465 e. The molecule has 4 nitrogen and oxygen atoms in total. The topological polar surface area (TPSA) is 69.4 Å². The van der Waals surface area contributed by atoms with Crippen LogP contribution in [0.4, 0.5) is 0 Å². The van der Waals surface area contributed by atoms with Gasteiger partial charge >= 0.3 is 5.97 Å². The van der Waals surface area contributed by atoms with Crippen molar-refractivity contribution < 1.29 is 14.3 Å². The Balaban J connectivity index is 2.98. The lowest BCUT2D eigenvalue weighted by Gasteiger charge is -2.12. The van der Waals surface area contributed by atoms with Crippen molar-refractivity contribution >= 4 is 23.5 Å². The van der Waals surface area contributed by atoms with Crippen LogP contribution in [0.15, 0.2) is 24.3 Å². The molecule has 1 unspecified atom stereocenters. The summed E-state index contributed by atoms with van der Waals surface area (Å²) in [5.41, 5.74) is 5.65. The summed E-state index contributed by atoms with van der Waals surface area (Å²) in [4.78, 5) is 22.7. The van der Waals surface area contributed by atoms with E-state index in [0.717, 1.165) is 0 Å². The van der Waals surface area contributed by atoms with Gasteiger partial charge in [-0.2, -0.15) is 0 Å².